The molecule has 0 aromatic carbocycles. The number of likely N-dealkylation sites (tertiary alicyclic amines) is 2. The second kappa shape index (κ2) is 13.5. The van der Waals surface area contributed by atoms with E-state index in [1.807, 2.05) is 46.4 Å². The van der Waals surface area contributed by atoms with E-state index < -0.39 is 5.60 Å². The number of amides is 2. The molecule has 3 aliphatic heterocycles. The first-order chi connectivity index (χ1) is 17.8. The van der Waals surface area contributed by atoms with E-state index in [9.17, 15) is 14.4 Å². The molecule has 3 saturated heterocycles. The van der Waals surface area contributed by atoms with Crippen molar-refractivity contribution in [1.29, 1.82) is 0 Å². The van der Waals surface area contributed by atoms with Gasteiger partial charge < -0.3 is 29.4 Å². The lowest BCUT2D eigenvalue weighted by Gasteiger charge is -2.39. The van der Waals surface area contributed by atoms with Crippen LogP contribution in [0.2, 0.25) is 0 Å². The molecule has 5 fully saturated rings. The van der Waals surface area contributed by atoms with Crippen molar-refractivity contribution in [3.8, 4) is 0 Å². The number of hydrogen-bond donors (Lipinski definition) is 1. The fourth-order valence-electron chi connectivity index (χ4n) is 4.61. The van der Waals surface area contributed by atoms with E-state index in [1.165, 1.54) is 69.4 Å². The number of nitrogens with one attached hydrogen (secondary N) is 1. The van der Waals surface area contributed by atoms with Crippen LogP contribution in [0.5, 0.6) is 0 Å². The number of rotatable bonds is 7. The van der Waals surface area contributed by atoms with Gasteiger partial charge in [-0.25, -0.2) is 9.59 Å². The molecule has 0 aromatic heterocycles. The Morgan fingerprint density at radius 3 is 1.42 bits per heavy atom. The molecule has 3 heterocycles. The number of ether oxygens (including phenoxy) is 2. The number of carbonyl (C=O) groups is 3. The summed E-state index contributed by atoms with van der Waals surface area (Å²) < 4.78 is 10.4. The van der Waals surface area contributed by atoms with Crippen LogP contribution in [0.1, 0.15) is 92.9 Å². The van der Waals surface area contributed by atoms with Crippen LogP contribution >= 0.6 is 0 Å². The first-order valence-corrected chi connectivity index (χ1v) is 14.9. The minimum Gasteiger partial charge on any atom is -0.444 e. The Labute approximate surface area is 230 Å². The largest absolute Gasteiger partial charge is 0.444 e. The predicted molar refractivity (Wildman–Crippen MR) is 149 cm³/mol. The molecule has 2 aliphatic carbocycles. The highest BCUT2D eigenvalue weighted by molar-refractivity contribution is 5.71. The van der Waals surface area contributed by atoms with Crippen LogP contribution in [0, 0.1) is 29.6 Å². The van der Waals surface area contributed by atoms with E-state index in [-0.39, 0.29) is 23.7 Å². The number of hydrogen-bond acceptors (Lipinski definition) is 6. The molecule has 0 atom stereocenters. The maximum Gasteiger partial charge on any atom is 0.410 e. The van der Waals surface area contributed by atoms with Gasteiger partial charge in [-0.15, -0.1) is 0 Å². The molecule has 5 rings (SSSR count). The zero-order valence-electron chi connectivity index (χ0n) is 24.8. The van der Waals surface area contributed by atoms with Gasteiger partial charge in [-0.2, -0.15) is 0 Å². The van der Waals surface area contributed by atoms with Crippen LogP contribution in [0.4, 0.5) is 9.59 Å². The van der Waals surface area contributed by atoms with Crippen LogP contribution < -0.4 is 5.32 Å². The van der Waals surface area contributed by atoms with Crippen molar-refractivity contribution >= 4 is 18.5 Å². The highest BCUT2D eigenvalue weighted by atomic mass is 16.6. The molecular formula is C30H53N3O5. The van der Waals surface area contributed by atoms with E-state index in [0.29, 0.717) is 13.1 Å². The van der Waals surface area contributed by atoms with Crippen molar-refractivity contribution in [1.82, 2.24) is 15.1 Å². The summed E-state index contributed by atoms with van der Waals surface area (Å²) >= 11 is 0. The summed E-state index contributed by atoms with van der Waals surface area (Å²) in [6.07, 6.45) is 12.0. The summed E-state index contributed by atoms with van der Waals surface area (Å²) in [5.74, 6) is 3.94. The molecule has 2 amide bonds. The van der Waals surface area contributed by atoms with E-state index in [2.05, 4.69) is 5.32 Å². The SMILES string of the molecule is C1CC1CCC1CNC1.CC(C)(C)OC(=O)N1CC(C=O)C1.CC(C)(C)OC(=O)N1CC(CCC2CC2)C1. The van der Waals surface area contributed by atoms with Crippen LogP contribution in [0.15, 0.2) is 0 Å². The molecule has 0 unspecified atom stereocenters. The monoisotopic (exact) mass is 535 g/mol. The molecule has 5 aliphatic rings. The van der Waals surface area contributed by atoms with Crippen molar-refractivity contribution in [2.24, 2.45) is 29.6 Å². The first-order valence-electron chi connectivity index (χ1n) is 14.9. The molecule has 218 valence electrons. The van der Waals surface area contributed by atoms with Gasteiger partial charge in [-0.3, -0.25) is 0 Å². The maximum absolute atomic E-state index is 11.6. The maximum atomic E-state index is 11.6. The first kappa shape index (κ1) is 30.7. The zero-order chi connectivity index (χ0) is 27.9. The van der Waals surface area contributed by atoms with Gasteiger partial charge in [-0.05, 0) is 91.1 Å². The summed E-state index contributed by atoms with van der Waals surface area (Å²) in [5, 5.41) is 3.31. The molecule has 8 nitrogen and oxygen atoms in total. The Bertz CT molecular complexity index is 766. The van der Waals surface area contributed by atoms with Crippen molar-refractivity contribution in [3.05, 3.63) is 0 Å². The lowest BCUT2D eigenvalue weighted by atomic mass is 9.94. The standard InChI is InChI=1S/C13H23NO2.C9H15NO3.C8H15N/c1-13(2,3)16-12(15)14-8-11(9-14)7-6-10-4-5-10;1-9(2,3)13-8(12)10-4-7(5-10)6-11;1-2-7(1)3-4-8-5-9-6-8/h10-11H,4-9H2,1-3H3;6-7H,4-5H2,1-3H3;7-9H,1-6H2. The number of nitrogens with zero attached hydrogens (tertiary/aromatic N) is 2. The molecule has 1 N–H and O–H groups in total. The number of aldehydes is 1. The minimum absolute atomic E-state index is 0.00696. The molecule has 8 heteroatoms. The van der Waals surface area contributed by atoms with Gasteiger partial charge in [0.25, 0.3) is 0 Å². The highest BCUT2D eigenvalue weighted by Gasteiger charge is 2.35. The van der Waals surface area contributed by atoms with Crippen LogP contribution in [-0.2, 0) is 14.3 Å². The highest BCUT2D eigenvalue weighted by Crippen LogP contribution is 2.36. The Morgan fingerprint density at radius 2 is 1.08 bits per heavy atom. The van der Waals surface area contributed by atoms with Crippen molar-refractivity contribution in [2.45, 2.75) is 104 Å². The van der Waals surface area contributed by atoms with E-state index in [0.717, 1.165) is 43.0 Å². The molecule has 2 saturated carbocycles. The zero-order valence-corrected chi connectivity index (χ0v) is 24.8. The summed E-state index contributed by atoms with van der Waals surface area (Å²) in [6, 6.07) is 0. The van der Waals surface area contributed by atoms with Crippen LogP contribution in [0.3, 0.4) is 0 Å². The molecule has 0 aromatic rings. The molecule has 0 spiro atoms. The normalized spacial score (nSPS) is 21.9. The van der Waals surface area contributed by atoms with E-state index in [4.69, 9.17) is 9.47 Å². The second-order valence-corrected chi connectivity index (χ2v) is 14.1. The van der Waals surface area contributed by atoms with Crippen molar-refractivity contribution < 1.29 is 23.9 Å². The lowest BCUT2D eigenvalue weighted by Crippen LogP contribution is -2.52. The minimum atomic E-state index is -0.455. The molecule has 38 heavy (non-hydrogen) atoms. The van der Waals surface area contributed by atoms with Gasteiger partial charge in [0.1, 0.15) is 17.5 Å². The quantitative estimate of drug-likeness (QED) is 0.434. The van der Waals surface area contributed by atoms with E-state index in [1.54, 1.807) is 0 Å². The summed E-state index contributed by atoms with van der Waals surface area (Å²) in [4.78, 5) is 36.5. The molecule has 0 bridgehead atoms. The fourth-order valence-corrected chi connectivity index (χ4v) is 4.61. The number of carbonyl (C=O) groups excluding carboxylic acids is 3. The third kappa shape index (κ3) is 11.9. The average Bonchev–Trinajstić information content (AvgIpc) is 3.58. The Morgan fingerprint density at radius 1 is 0.684 bits per heavy atom. The lowest BCUT2D eigenvalue weighted by molar-refractivity contribution is -0.115. The van der Waals surface area contributed by atoms with Gasteiger partial charge in [0.05, 0.1) is 5.92 Å². The summed E-state index contributed by atoms with van der Waals surface area (Å²) in [5.41, 5.74) is -0.820. The Kier molecular flexibility index (Phi) is 10.9. The topological polar surface area (TPSA) is 88.2 Å². The van der Waals surface area contributed by atoms with E-state index >= 15 is 0 Å². The van der Waals surface area contributed by atoms with Gasteiger partial charge in [0.2, 0.25) is 0 Å². The Balaban J connectivity index is 0.000000164. The Hall–Kier alpha value is -1.83. The van der Waals surface area contributed by atoms with Gasteiger partial charge >= 0.3 is 12.2 Å². The fraction of sp³-hybridized carbons (Fsp3) is 0.900. The van der Waals surface area contributed by atoms with Crippen molar-refractivity contribution in [3.63, 3.8) is 0 Å². The molecule has 0 radical (unpaired) electrons. The predicted octanol–water partition coefficient (Wildman–Crippen LogP) is 5.49. The smallest absolute Gasteiger partial charge is 0.410 e. The summed E-state index contributed by atoms with van der Waals surface area (Å²) in [7, 11) is 0. The van der Waals surface area contributed by atoms with Gasteiger partial charge in [0.15, 0.2) is 0 Å². The van der Waals surface area contributed by atoms with Gasteiger partial charge in [-0.1, -0.05) is 38.5 Å². The summed E-state index contributed by atoms with van der Waals surface area (Å²) in [6.45, 7) is 16.6. The van der Waals surface area contributed by atoms with Gasteiger partial charge in [0, 0.05) is 26.2 Å². The van der Waals surface area contributed by atoms with Crippen LogP contribution in [0.25, 0.3) is 0 Å². The molecular weight excluding hydrogens is 482 g/mol. The third-order valence-corrected chi connectivity index (χ3v) is 7.59. The third-order valence-electron chi connectivity index (χ3n) is 7.59. The second-order valence-electron chi connectivity index (χ2n) is 14.1. The average molecular weight is 536 g/mol. The van der Waals surface area contributed by atoms with Crippen LogP contribution in [-0.4, -0.2) is 78.7 Å². The van der Waals surface area contributed by atoms with Crippen molar-refractivity contribution in [2.75, 3.05) is 39.3 Å².